The van der Waals surface area contributed by atoms with E-state index in [2.05, 4.69) is 13.8 Å². The molecule has 0 aliphatic rings. The molecule has 0 aliphatic carbocycles. The van der Waals surface area contributed by atoms with Gasteiger partial charge in [0, 0.05) is 5.75 Å². The molecule has 0 spiro atoms. The summed E-state index contributed by atoms with van der Waals surface area (Å²) in [6, 6.07) is 0. The molecule has 0 bridgehead atoms. The van der Waals surface area contributed by atoms with E-state index in [9.17, 15) is 0 Å². The average Bonchev–Trinajstić information content (AvgIpc) is 2.88. The third-order valence-corrected chi connectivity index (χ3v) is 11.2. The Kier molecular flexibility index (Phi) is 34.6. The maximum atomic E-state index is 5.91. The summed E-state index contributed by atoms with van der Waals surface area (Å²) < 4.78 is 5.91. The standard InChI is InChI=1S/C32H66OPS2/c1-3-5-7-9-11-13-15-17-19-21-23-25-27-29-31-33-34(35)36-32-30-28-26-24-22-20-18-16-14-12-10-8-6-4-2/h3-32H2,1-2H3/q+1. The van der Waals surface area contributed by atoms with E-state index >= 15 is 0 Å². The largest absolute Gasteiger partial charge is 0.414 e. The summed E-state index contributed by atoms with van der Waals surface area (Å²) in [5.41, 5.74) is 0. The van der Waals surface area contributed by atoms with Gasteiger partial charge in [-0.05, 0) is 12.8 Å². The van der Waals surface area contributed by atoms with Crippen molar-refractivity contribution in [1.29, 1.82) is 0 Å². The lowest BCUT2D eigenvalue weighted by Crippen LogP contribution is -1.88. The van der Waals surface area contributed by atoms with Crippen LogP contribution in [0.5, 0.6) is 0 Å². The van der Waals surface area contributed by atoms with E-state index in [1.807, 2.05) is 11.4 Å². The Labute approximate surface area is 239 Å². The first kappa shape index (κ1) is 36.8. The average molecular weight is 562 g/mol. The van der Waals surface area contributed by atoms with Crippen LogP contribution in [-0.4, -0.2) is 12.4 Å². The van der Waals surface area contributed by atoms with Crippen LogP contribution in [0.2, 0.25) is 0 Å². The first-order valence-corrected chi connectivity index (χ1v) is 20.4. The summed E-state index contributed by atoms with van der Waals surface area (Å²) in [7, 11) is 0. The van der Waals surface area contributed by atoms with Crippen LogP contribution in [0.25, 0.3) is 0 Å². The molecule has 0 rings (SSSR count). The van der Waals surface area contributed by atoms with E-state index in [-0.39, 0.29) is 0 Å². The van der Waals surface area contributed by atoms with Gasteiger partial charge in [-0.15, -0.1) is 0 Å². The van der Waals surface area contributed by atoms with Gasteiger partial charge in [0.15, 0.2) is 0 Å². The molecule has 0 aromatic rings. The Bertz CT molecular complexity index is 383. The third-order valence-electron chi connectivity index (χ3n) is 7.39. The van der Waals surface area contributed by atoms with Crippen LogP contribution in [0.3, 0.4) is 0 Å². The quantitative estimate of drug-likeness (QED) is 0.0597. The van der Waals surface area contributed by atoms with Gasteiger partial charge in [-0.25, -0.2) is 0 Å². The SMILES string of the molecule is CCCCCCCCCCCCCCCCO[P+](=S)SCCCCCCCCCCCCCCCC. The van der Waals surface area contributed by atoms with E-state index in [0.29, 0.717) is 0 Å². The third kappa shape index (κ3) is 32.9. The van der Waals surface area contributed by atoms with Crippen LogP contribution in [0.4, 0.5) is 0 Å². The van der Waals surface area contributed by atoms with Gasteiger partial charge in [0.1, 0.15) is 18.0 Å². The Morgan fingerprint density at radius 2 is 0.694 bits per heavy atom. The first-order valence-electron chi connectivity index (χ1n) is 16.5. The molecule has 0 aromatic heterocycles. The highest BCUT2D eigenvalue weighted by atomic mass is 32.9. The molecule has 0 amide bonds. The second-order valence-corrected chi connectivity index (χ2v) is 15.9. The van der Waals surface area contributed by atoms with Crippen molar-refractivity contribution in [2.75, 3.05) is 12.4 Å². The molecule has 0 heterocycles. The lowest BCUT2D eigenvalue weighted by atomic mass is 10.0. The van der Waals surface area contributed by atoms with Gasteiger partial charge in [0.05, 0.1) is 0 Å². The fraction of sp³-hybridized carbons (Fsp3) is 1.00. The van der Waals surface area contributed by atoms with Crippen LogP contribution in [0, 0.1) is 0 Å². The summed E-state index contributed by atoms with van der Waals surface area (Å²) in [6.45, 7) is 5.48. The van der Waals surface area contributed by atoms with E-state index in [0.717, 1.165) is 6.61 Å². The molecule has 216 valence electrons. The number of hydrogen-bond acceptors (Lipinski definition) is 3. The maximum Gasteiger partial charge on any atom is 0.414 e. The van der Waals surface area contributed by atoms with Crippen molar-refractivity contribution in [2.45, 2.75) is 194 Å². The fourth-order valence-electron chi connectivity index (χ4n) is 4.91. The van der Waals surface area contributed by atoms with Crippen molar-refractivity contribution in [3.63, 3.8) is 0 Å². The van der Waals surface area contributed by atoms with E-state index in [1.165, 1.54) is 186 Å². The van der Waals surface area contributed by atoms with Crippen molar-refractivity contribution >= 4 is 29.3 Å². The molecule has 0 radical (unpaired) electrons. The Hall–Kier alpha value is 0.830. The molecular formula is C32H66OPS2+. The number of unbranched alkanes of at least 4 members (excludes halogenated alkanes) is 26. The highest BCUT2D eigenvalue weighted by molar-refractivity contribution is 8.62. The first-order chi connectivity index (χ1) is 17.8. The van der Waals surface area contributed by atoms with E-state index < -0.39 is 6.13 Å². The summed E-state index contributed by atoms with van der Waals surface area (Å²) in [4.78, 5) is 0. The van der Waals surface area contributed by atoms with Gasteiger partial charge in [-0.1, -0.05) is 181 Å². The number of rotatable bonds is 32. The zero-order chi connectivity index (χ0) is 26.2. The van der Waals surface area contributed by atoms with Gasteiger partial charge in [0.25, 0.3) is 0 Å². The lowest BCUT2D eigenvalue weighted by Gasteiger charge is -2.03. The molecule has 1 unspecified atom stereocenters. The highest BCUT2D eigenvalue weighted by Gasteiger charge is 2.13. The topological polar surface area (TPSA) is 9.23 Å². The van der Waals surface area contributed by atoms with Crippen molar-refractivity contribution in [2.24, 2.45) is 0 Å². The minimum atomic E-state index is -0.664. The number of hydrogen-bond donors (Lipinski definition) is 0. The van der Waals surface area contributed by atoms with Gasteiger partial charge in [0.2, 0.25) is 11.8 Å². The summed E-state index contributed by atoms with van der Waals surface area (Å²) in [5.74, 6) is 1.20. The molecule has 0 N–H and O–H groups in total. The van der Waals surface area contributed by atoms with Crippen LogP contribution in [-0.2, 0) is 16.3 Å². The van der Waals surface area contributed by atoms with Crippen molar-refractivity contribution in [3.8, 4) is 0 Å². The van der Waals surface area contributed by atoms with Gasteiger partial charge in [-0.2, -0.15) is 4.52 Å². The van der Waals surface area contributed by atoms with Crippen LogP contribution in [0.15, 0.2) is 0 Å². The molecular weight excluding hydrogens is 495 g/mol. The second kappa shape index (κ2) is 33.9. The molecule has 4 heteroatoms. The maximum absolute atomic E-state index is 5.91. The minimum Gasteiger partial charge on any atom is -0.158 e. The molecule has 0 saturated heterocycles. The van der Waals surface area contributed by atoms with Gasteiger partial charge in [-0.3, -0.25) is 0 Å². The monoisotopic (exact) mass is 561 g/mol. The van der Waals surface area contributed by atoms with E-state index in [4.69, 9.17) is 16.3 Å². The zero-order valence-electron chi connectivity index (χ0n) is 24.9. The predicted octanol–water partition coefficient (Wildman–Crippen LogP) is 13.5. The molecule has 0 fully saturated rings. The molecule has 0 aliphatic heterocycles. The van der Waals surface area contributed by atoms with Gasteiger partial charge >= 0.3 is 6.13 Å². The van der Waals surface area contributed by atoms with Gasteiger partial charge < -0.3 is 0 Å². The van der Waals surface area contributed by atoms with Crippen LogP contribution < -0.4 is 0 Å². The summed E-state index contributed by atoms with van der Waals surface area (Å²) in [6.07, 6.45) is 39.0. The molecule has 0 aromatic carbocycles. The summed E-state index contributed by atoms with van der Waals surface area (Å²) >= 11 is 7.45. The Morgan fingerprint density at radius 3 is 1.03 bits per heavy atom. The Morgan fingerprint density at radius 1 is 0.417 bits per heavy atom. The van der Waals surface area contributed by atoms with Crippen LogP contribution in [0.1, 0.15) is 194 Å². The molecule has 0 saturated carbocycles. The predicted molar refractivity (Wildman–Crippen MR) is 173 cm³/mol. The molecule has 1 atom stereocenters. The van der Waals surface area contributed by atoms with Crippen LogP contribution >= 0.6 is 17.5 Å². The van der Waals surface area contributed by atoms with E-state index in [1.54, 1.807) is 0 Å². The smallest absolute Gasteiger partial charge is 0.158 e. The molecule has 36 heavy (non-hydrogen) atoms. The summed E-state index contributed by atoms with van der Waals surface area (Å²) in [5, 5.41) is 0. The van der Waals surface area contributed by atoms with Crippen molar-refractivity contribution in [1.82, 2.24) is 0 Å². The highest BCUT2D eigenvalue weighted by Crippen LogP contribution is 2.40. The second-order valence-electron chi connectivity index (χ2n) is 11.1. The van der Waals surface area contributed by atoms with Crippen molar-refractivity contribution in [3.05, 3.63) is 0 Å². The fourth-order valence-corrected chi connectivity index (χ4v) is 7.92. The lowest BCUT2D eigenvalue weighted by molar-refractivity contribution is 0.349. The minimum absolute atomic E-state index is 0.664. The molecule has 1 nitrogen and oxygen atoms in total. The normalized spacial score (nSPS) is 11.9. The van der Waals surface area contributed by atoms with Crippen molar-refractivity contribution < 1.29 is 4.52 Å². The Balaban J connectivity index is 3.14. The zero-order valence-corrected chi connectivity index (χ0v) is 27.4.